The summed E-state index contributed by atoms with van der Waals surface area (Å²) in [6.07, 6.45) is 3.64. The molecule has 0 saturated carbocycles. The van der Waals surface area contributed by atoms with Gasteiger partial charge in [0, 0.05) is 17.9 Å². The van der Waals surface area contributed by atoms with E-state index < -0.39 is 5.97 Å². The second-order valence-electron chi connectivity index (χ2n) is 4.31. The predicted molar refractivity (Wildman–Crippen MR) is 70.0 cm³/mol. The van der Waals surface area contributed by atoms with Gasteiger partial charge in [0.25, 0.3) is 0 Å². The number of carboxylic acid groups (broad SMARTS) is 1. The van der Waals surface area contributed by atoms with E-state index in [2.05, 4.69) is 11.5 Å². The first-order valence-electron chi connectivity index (χ1n) is 6.03. The summed E-state index contributed by atoms with van der Waals surface area (Å²) in [6, 6.07) is 3.62. The van der Waals surface area contributed by atoms with Crippen molar-refractivity contribution < 1.29 is 9.90 Å². The lowest BCUT2D eigenvalue weighted by atomic mass is 10.1. The number of aromatic nitrogens is 1. The smallest absolute Gasteiger partial charge is 0.346 e. The largest absolute Gasteiger partial charge is 0.477 e. The number of aryl methyl sites for hydroxylation is 1. The Balaban J connectivity index is 3.13. The SMILES string of the molecule is CCCCn1c(C)cc(C=C(C#N)C(=O)O)c1C. The van der Waals surface area contributed by atoms with Gasteiger partial charge in [0.1, 0.15) is 11.6 Å². The van der Waals surface area contributed by atoms with Crippen molar-refractivity contribution in [3.8, 4) is 6.07 Å². The molecular formula is C14H18N2O2. The summed E-state index contributed by atoms with van der Waals surface area (Å²) in [6.45, 7) is 7.00. The van der Waals surface area contributed by atoms with Gasteiger partial charge >= 0.3 is 5.97 Å². The van der Waals surface area contributed by atoms with Crippen molar-refractivity contribution in [3.05, 3.63) is 28.6 Å². The Kier molecular flexibility index (Phi) is 4.73. The molecule has 4 heteroatoms. The Morgan fingerprint density at radius 2 is 2.22 bits per heavy atom. The Bertz CT molecular complexity index is 519. The van der Waals surface area contributed by atoms with Gasteiger partial charge in [-0.05, 0) is 38.0 Å². The van der Waals surface area contributed by atoms with E-state index in [0.717, 1.165) is 36.3 Å². The topological polar surface area (TPSA) is 66.0 Å². The van der Waals surface area contributed by atoms with Crippen LogP contribution in [0.1, 0.15) is 36.7 Å². The Hall–Kier alpha value is -2.02. The summed E-state index contributed by atoms with van der Waals surface area (Å²) in [7, 11) is 0. The molecule has 1 heterocycles. The molecule has 0 unspecified atom stereocenters. The second kappa shape index (κ2) is 6.06. The van der Waals surface area contributed by atoms with Crippen LogP contribution in [-0.4, -0.2) is 15.6 Å². The number of carboxylic acids is 1. The number of unbranched alkanes of at least 4 members (excludes halogenated alkanes) is 1. The van der Waals surface area contributed by atoms with E-state index in [4.69, 9.17) is 10.4 Å². The van der Waals surface area contributed by atoms with Gasteiger partial charge in [-0.2, -0.15) is 5.26 Å². The molecule has 0 fully saturated rings. The highest BCUT2D eigenvalue weighted by Gasteiger charge is 2.11. The summed E-state index contributed by atoms with van der Waals surface area (Å²) in [5.74, 6) is -1.18. The van der Waals surface area contributed by atoms with Crippen molar-refractivity contribution in [2.24, 2.45) is 0 Å². The minimum absolute atomic E-state index is 0.231. The van der Waals surface area contributed by atoms with Crippen LogP contribution in [0.5, 0.6) is 0 Å². The third kappa shape index (κ3) is 3.01. The molecule has 0 amide bonds. The minimum Gasteiger partial charge on any atom is -0.477 e. The molecule has 0 atom stereocenters. The van der Waals surface area contributed by atoms with Crippen LogP contribution >= 0.6 is 0 Å². The highest BCUT2D eigenvalue weighted by Crippen LogP contribution is 2.19. The van der Waals surface area contributed by atoms with E-state index >= 15 is 0 Å². The van der Waals surface area contributed by atoms with Gasteiger partial charge in [-0.3, -0.25) is 0 Å². The fourth-order valence-electron chi connectivity index (χ4n) is 1.93. The van der Waals surface area contributed by atoms with Crippen LogP contribution in [0.3, 0.4) is 0 Å². The number of hydrogen-bond donors (Lipinski definition) is 1. The van der Waals surface area contributed by atoms with Crippen LogP contribution in [-0.2, 0) is 11.3 Å². The molecule has 4 nitrogen and oxygen atoms in total. The molecule has 1 N–H and O–H groups in total. The molecule has 0 bridgehead atoms. The number of hydrogen-bond acceptors (Lipinski definition) is 2. The predicted octanol–water partition coefficient (Wildman–Crippen LogP) is 2.90. The number of rotatable bonds is 5. The summed E-state index contributed by atoms with van der Waals surface area (Å²) in [5, 5.41) is 17.6. The average Bonchev–Trinajstić information content (AvgIpc) is 2.59. The van der Waals surface area contributed by atoms with Crippen molar-refractivity contribution in [1.82, 2.24) is 4.57 Å². The van der Waals surface area contributed by atoms with E-state index in [0.29, 0.717) is 0 Å². The summed E-state index contributed by atoms with van der Waals surface area (Å²) >= 11 is 0. The number of aliphatic carboxylic acids is 1. The lowest BCUT2D eigenvalue weighted by molar-refractivity contribution is -0.132. The van der Waals surface area contributed by atoms with Crippen LogP contribution in [0.25, 0.3) is 6.08 Å². The first-order chi connectivity index (χ1) is 8.51. The molecule has 0 aliphatic carbocycles. The molecule has 0 radical (unpaired) electrons. The van der Waals surface area contributed by atoms with Crippen molar-refractivity contribution in [1.29, 1.82) is 5.26 Å². The lowest BCUT2D eigenvalue weighted by Crippen LogP contribution is -2.02. The van der Waals surface area contributed by atoms with Gasteiger partial charge in [-0.1, -0.05) is 13.3 Å². The monoisotopic (exact) mass is 246 g/mol. The first kappa shape index (κ1) is 14.0. The number of nitrogens with zero attached hydrogens (tertiary/aromatic N) is 2. The summed E-state index contributed by atoms with van der Waals surface area (Å²) in [4.78, 5) is 10.8. The highest BCUT2D eigenvalue weighted by molar-refractivity contribution is 5.96. The zero-order valence-corrected chi connectivity index (χ0v) is 11.0. The fourth-order valence-corrected chi connectivity index (χ4v) is 1.93. The minimum atomic E-state index is -1.18. The van der Waals surface area contributed by atoms with Gasteiger partial charge in [-0.25, -0.2) is 4.79 Å². The Morgan fingerprint density at radius 3 is 2.72 bits per heavy atom. The first-order valence-corrected chi connectivity index (χ1v) is 6.03. The second-order valence-corrected chi connectivity index (χ2v) is 4.31. The molecule has 0 aliphatic rings. The standard InChI is InChI=1S/C14H18N2O2/c1-4-5-6-16-10(2)7-12(11(16)3)8-13(9-15)14(17)18/h7-8H,4-6H2,1-3H3,(H,17,18). The lowest BCUT2D eigenvalue weighted by Gasteiger charge is -2.08. The molecule has 0 aromatic carbocycles. The number of carbonyl (C=O) groups is 1. The number of nitriles is 1. The normalized spacial score (nSPS) is 11.3. The molecule has 1 aromatic heterocycles. The Morgan fingerprint density at radius 1 is 1.56 bits per heavy atom. The third-order valence-electron chi connectivity index (χ3n) is 3.00. The van der Waals surface area contributed by atoms with Crippen LogP contribution in [0.15, 0.2) is 11.6 Å². The van der Waals surface area contributed by atoms with Gasteiger partial charge in [0.2, 0.25) is 0 Å². The van der Waals surface area contributed by atoms with Crippen molar-refractivity contribution in [3.63, 3.8) is 0 Å². The van der Waals surface area contributed by atoms with E-state index in [1.165, 1.54) is 6.08 Å². The molecule has 1 aromatic rings. The maximum atomic E-state index is 10.8. The van der Waals surface area contributed by atoms with Gasteiger partial charge in [0.05, 0.1) is 0 Å². The molecule has 0 aliphatic heterocycles. The molecule has 0 saturated heterocycles. The fraction of sp³-hybridized carbons (Fsp3) is 0.429. The summed E-state index contributed by atoms with van der Waals surface area (Å²) < 4.78 is 2.16. The maximum absolute atomic E-state index is 10.8. The molecular weight excluding hydrogens is 228 g/mol. The van der Waals surface area contributed by atoms with Crippen molar-refractivity contribution >= 4 is 12.0 Å². The van der Waals surface area contributed by atoms with Crippen LogP contribution in [0, 0.1) is 25.2 Å². The summed E-state index contributed by atoms with van der Waals surface area (Å²) in [5.41, 5.74) is 2.68. The van der Waals surface area contributed by atoms with Gasteiger partial charge < -0.3 is 9.67 Å². The van der Waals surface area contributed by atoms with Gasteiger partial charge in [0.15, 0.2) is 0 Å². The molecule has 0 spiro atoms. The molecule has 1 rings (SSSR count). The van der Waals surface area contributed by atoms with Crippen molar-refractivity contribution in [2.75, 3.05) is 0 Å². The Labute approximate surface area is 107 Å². The quantitative estimate of drug-likeness (QED) is 0.641. The average molecular weight is 246 g/mol. The van der Waals surface area contributed by atoms with Crippen LogP contribution < -0.4 is 0 Å². The zero-order valence-electron chi connectivity index (χ0n) is 11.0. The molecule has 18 heavy (non-hydrogen) atoms. The van der Waals surface area contributed by atoms with E-state index in [9.17, 15) is 4.79 Å². The van der Waals surface area contributed by atoms with Gasteiger partial charge in [-0.15, -0.1) is 0 Å². The zero-order chi connectivity index (χ0) is 13.7. The maximum Gasteiger partial charge on any atom is 0.346 e. The highest BCUT2D eigenvalue weighted by atomic mass is 16.4. The van der Waals surface area contributed by atoms with E-state index in [1.807, 2.05) is 19.9 Å². The van der Waals surface area contributed by atoms with Crippen molar-refractivity contribution in [2.45, 2.75) is 40.2 Å². The third-order valence-corrected chi connectivity index (χ3v) is 3.00. The van der Waals surface area contributed by atoms with E-state index in [1.54, 1.807) is 6.07 Å². The van der Waals surface area contributed by atoms with Crippen LogP contribution in [0.2, 0.25) is 0 Å². The molecule has 96 valence electrons. The van der Waals surface area contributed by atoms with Crippen LogP contribution in [0.4, 0.5) is 0 Å². The van der Waals surface area contributed by atoms with E-state index in [-0.39, 0.29) is 5.57 Å².